The zero-order valence-electron chi connectivity index (χ0n) is 13.1. The number of aryl methyl sites for hydroxylation is 1. The molecule has 3 rings (SSSR count). The van der Waals surface area contributed by atoms with Gasteiger partial charge in [0, 0.05) is 25.7 Å². The van der Waals surface area contributed by atoms with E-state index in [4.69, 9.17) is 4.74 Å². The number of amides is 1. The van der Waals surface area contributed by atoms with Crippen molar-refractivity contribution < 1.29 is 9.53 Å². The Hall–Kier alpha value is -1.69. The number of anilines is 1. The number of hydrogen-bond acceptors (Lipinski definition) is 5. The van der Waals surface area contributed by atoms with Gasteiger partial charge in [0.1, 0.15) is 5.82 Å². The van der Waals surface area contributed by atoms with E-state index in [1.54, 1.807) is 0 Å². The quantitative estimate of drug-likeness (QED) is 0.918. The summed E-state index contributed by atoms with van der Waals surface area (Å²) in [7, 11) is 0. The Balaban J connectivity index is 1.43. The van der Waals surface area contributed by atoms with E-state index in [1.165, 1.54) is 0 Å². The zero-order chi connectivity index (χ0) is 15.4. The highest BCUT2D eigenvalue weighted by atomic mass is 16.5. The summed E-state index contributed by atoms with van der Waals surface area (Å²) in [5.74, 6) is 1.05. The van der Waals surface area contributed by atoms with Crippen molar-refractivity contribution in [2.75, 3.05) is 25.0 Å². The fourth-order valence-electron chi connectivity index (χ4n) is 3.09. The van der Waals surface area contributed by atoms with E-state index in [9.17, 15) is 4.79 Å². The molecular formula is C16H24N4O2. The Bertz CT molecular complexity index is 491. The van der Waals surface area contributed by atoms with Crippen LogP contribution in [0.5, 0.6) is 0 Å². The van der Waals surface area contributed by atoms with Crippen LogP contribution in [-0.4, -0.2) is 52.8 Å². The molecule has 120 valence electrons. The van der Waals surface area contributed by atoms with Crippen molar-refractivity contribution in [3.8, 4) is 0 Å². The van der Waals surface area contributed by atoms with Gasteiger partial charge in [-0.3, -0.25) is 4.79 Å². The van der Waals surface area contributed by atoms with E-state index >= 15 is 0 Å². The minimum atomic E-state index is 0.145. The van der Waals surface area contributed by atoms with E-state index in [1.807, 2.05) is 24.0 Å². The van der Waals surface area contributed by atoms with Gasteiger partial charge in [0.25, 0.3) is 0 Å². The molecule has 2 aliphatic rings. The Morgan fingerprint density at radius 2 is 2.14 bits per heavy atom. The Labute approximate surface area is 131 Å². The molecule has 1 atom stereocenters. The maximum Gasteiger partial charge on any atom is 0.225 e. The first-order valence-electron chi connectivity index (χ1n) is 8.17. The minimum Gasteiger partial charge on any atom is -0.378 e. The van der Waals surface area contributed by atoms with Crippen LogP contribution in [0.4, 0.5) is 5.82 Å². The number of carbonyl (C=O) groups excluding carboxylic acids is 1. The molecule has 22 heavy (non-hydrogen) atoms. The van der Waals surface area contributed by atoms with Crippen LogP contribution in [0.25, 0.3) is 0 Å². The van der Waals surface area contributed by atoms with E-state index < -0.39 is 0 Å². The van der Waals surface area contributed by atoms with E-state index in [0.717, 1.165) is 56.9 Å². The van der Waals surface area contributed by atoms with Gasteiger partial charge in [-0.15, -0.1) is 5.10 Å². The number of nitrogens with zero attached hydrogens (tertiary/aromatic N) is 3. The predicted molar refractivity (Wildman–Crippen MR) is 83.6 cm³/mol. The third-order valence-corrected chi connectivity index (χ3v) is 4.42. The van der Waals surface area contributed by atoms with Crippen molar-refractivity contribution in [3.05, 3.63) is 17.8 Å². The second-order valence-corrected chi connectivity index (χ2v) is 6.20. The maximum absolute atomic E-state index is 12.3. The lowest BCUT2D eigenvalue weighted by molar-refractivity contribution is -0.134. The zero-order valence-corrected chi connectivity index (χ0v) is 13.1. The number of rotatable bonds is 4. The second kappa shape index (κ2) is 7.05. The molecule has 6 nitrogen and oxygen atoms in total. The molecule has 0 saturated carbocycles. The van der Waals surface area contributed by atoms with Gasteiger partial charge in [0.15, 0.2) is 0 Å². The molecule has 2 saturated heterocycles. The number of ether oxygens (including phenoxy) is 1. The van der Waals surface area contributed by atoms with Gasteiger partial charge in [-0.25, -0.2) is 0 Å². The van der Waals surface area contributed by atoms with Gasteiger partial charge in [-0.2, -0.15) is 5.10 Å². The maximum atomic E-state index is 12.3. The molecule has 6 heteroatoms. The normalized spacial score (nSPS) is 22.8. The van der Waals surface area contributed by atoms with E-state index in [-0.39, 0.29) is 12.0 Å². The fourth-order valence-corrected chi connectivity index (χ4v) is 3.09. The minimum absolute atomic E-state index is 0.145. The van der Waals surface area contributed by atoms with Gasteiger partial charge in [0.2, 0.25) is 5.91 Å². The highest BCUT2D eigenvalue weighted by Gasteiger charge is 2.26. The number of hydrogen-bond donors (Lipinski definition) is 1. The van der Waals surface area contributed by atoms with Crippen molar-refractivity contribution in [3.63, 3.8) is 0 Å². The molecule has 0 bridgehead atoms. The highest BCUT2D eigenvalue weighted by Crippen LogP contribution is 2.19. The van der Waals surface area contributed by atoms with Crippen LogP contribution in [0, 0.1) is 6.92 Å². The molecule has 2 aliphatic heterocycles. The molecule has 1 aromatic heterocycles. The number of piperidine rings is 1. The van der Waals surface area contributed by atoms with Gasteiger partial charge in [-0.05, 0) is 44.7 Å². The molecule has 0 aromatic carbocycles. The van der Waals surface area contributed by atoms with Crippen LogP contribution in [0.1, 0.15) is 37.8 Å². The van der Waals surface area contributed by atoms with Crippen molar-refractivity contribution in [1.82, 2.24) is 15.1 Å². The average molecular weight is 304 g/mol. The molecule has 0 aliphatic carbocycles. The molecule has 0 spiro atoms. The SMILES string of the molecule is Cc1ccc(NC2CCN(C(=O)C[C@@H]3CCCO3)CC2)nn1. The van der Waals surface area contributed by atoms with Gasteiger partial charge in [0.05, 0.1) is 18.2 Å². The van der Waals surface area contributed by atoms with Crippen LogP contribution < -0.4 is 5.32 Å². The molecular weight excluding hydrogens is 280 g/mol. The summed E-state index contributed by atoms with van der Waals surface area (Å²) in [4.78, 5) is 14.2. The first-order chi connectivity index (χ1) is 10.7. The Morgan fingerprint density at radius 3 is 2.77 bits per heavy atom. The van der Waals surface area contributed by atoms with Gasteiger partial charge in [-0.1, -0.05) is 0 Å². The van der Waals surface area contributed by atoms with E-state index in [0.29, 0.717) is 12.5 Å². The van der Waals surface area contributed by atoms with Gasteiger partial charge >= 0.3 is 0 Å². The second-order valence-electron chi connectivity index (χ2n) is 6.20. The largest absolute Gasteiger partial charge is 0.378 e. The lowest BCUT2D eigenvalue weighted by Gasteiger charge is -2.33. The summed E-state index contributed by atoms with van der Waals surface area (Å²) >= 11 is 0. The fraction of sp³-hybridized carbons (Fsp3) is 0.688. The summed E-state index contributed by atoms with van der Waals surface area (Å²) in [6, 6.07) is 4.27. The number of likely N-dealkylation sites (tertiary alicyclic amines) is 1. The van der Waals surface area contributed by atoms with Crippen LogP contribution in [0.2, 0.25) is 0 Å². The lowest BCUT2D eigenvalue weighted by Crippen LogP contribution is -2.43. The lowest BCUT2D eigenvalue weighted by atomic mass is 10.0. The van der Waals surface area contributed by atoms with Crippen LogP contribution >= 0.6 is 0 Å². The molecule has 2 fully saturated rings. The summed E-state index contributed by atoms with van der Waals surface area (Å²) < 4.78 is 5.55. The molecule has 1 N–H and O–H groups in total. The predicted octanol–water partition coefficient (Wildman–Crippen LogP) is 1.76. The first-order valence-corrected chi connectivity index (χ1v) is 8.17. The molecule has 1 aromatic rings. The third kappa shape index (κ3) is 3.94. The Morgan fingerprint density at radius 1 is 1.32 bits per heavy atom. The number of carbonyl (C=O) groups is 1. The summed E-state index contributed by atoms with van der Waals surface area (Å²) in [5, 5.41) is 11.6. The average Bonchev–Trinajstić information content (AvgIpc) is 3.03. The molecule has 1 amide bonds. The smallest absolute Gasteiger partial charge is 0.225 e. The van der Waals surface area contributed by atoms with Crippen LogP contribution in [0.3, 0.4) is 0 Å². The van der Waals surface area contributed by atoms with Crippen molar-refractivity contribution in [2.24, 2.45) is 0 Å². The molecule has 3 heterocycles. The topological polar surface area (TPSA) is 67.4 Å². The molecule has 0 unspecified atom stereocenters. The van der Waals surface area contributed by atoms with Crippen molar-refractivity contribution >= 4 is 11.7 Å². The van der Waals surface area contributed by atoms with E-state index in [2.05, 4.69) is 15.5 Å². The highest BCUT2D eigenvalue weighted by molar-refractivity contribution is 5.76. The molecule has 0 radical (unpaired) electrons. The third-order valence-electron chi connectivity index (χ3n) is 4.42. The number of nitrogens with one attached hydrogen (secondary N) is 1. The van der Waals surface area contributed by atoms with Crippen LogP contribution in [-0.2, 0) is 9.53 Å². The first kappa shape index (κ1) is 15.2. The summed E-state index contributed by atoms with van der Waals surface area (Å²) in [5.41, 5.74) is 0.917. The monoisotopic (exact) mass is 304 g/mol. The van der Waals surface area contributed by atoms with Crippen LogP contribution in [0.15, 0.2) is 12.1 Å². The number of aromatic nitrogens is 2. The van der Waals surface area contributed by atoms with Gasteiger partial charge < -0.3 is 15.0 Å². The summed E-state index contributed by atoms with van der Waals surface area (Å²) in [6.45, 7) is 4.35. The van der Waals surface area contributed by atoms with Crippen molar-refractivity contribution in [1.29, 1.82) is 0 Å². The van der Waals surface area contributed by atoms with Crippen molar-refractivity contribution in [2.45, 2.75) is 51.2 Å². The standard InChI is InChI=1S/C16H24N4O2/c1-12-4-5-15(19-18-12)17-13-6-8-20(9-7-13)16(21)11-14-3-2-10-22-14/h4-5,13-14H,2-3,6-11H2,1H3,(H,17,19)/t14-/m0/s1. The Kier molecular flexibility index (Phi) is 4.87. The summed E-state index contributed by atoms with van der Waals surface area (Å²) in [6.07, 6.45) is 4.70.